The molecule has 0 atom stereocenters. The number of anilines is 1. The fourth-order valence-corrected chi connectivity index (χ4v) is 3.16. The molecule has 4 aromatic rings. The highest BCUT2D eigenvalue weighted by Gasteiger charge is 2.18. The summed E-state index contributed by atoms with van der Waals surface area (Å²) < 4.78 is 16.8. The van der Waals surface area contributed by atoms with Gasteiger partial charge in [-0.3, -0.25) is 9.59 Å². The molecular formula is C25H21NO5. The van der Waals surface area contributed by atoms with Crippen LogP contribution in [0.25, 0.3) is 22.3 Å². The number of para-hydroxylation sites is 1. The Balaban J connectivity index is 1.63. The Hall–Kier alpha value is -4.06. The van der Waals surface area contributed by atoms with Crippen molar-refractivity contribution < 1.29 is 18.7 Å². The van der Waals surface area contributed by atoms with E-state index in [1.807, 2.05) is 31.2 Å². The molecule has 0 unspecified atom stereocenters. The van der Waals surface area contributed by atoms with Gasteiger partial charge in [-0.05, 0) is 43.3 Å². The van der Waals surface area contributed by atoms with Crippen LogP contribution in [0.15, 0.2) is 82.0 Å². The van der Waals surface area contributed by atoms with Crippen LogP contribution in [-0.4, -0.2) is 19.6 Å². The Labute approximate surface area is 179 Å². The number of rotatable bonds is 6. The van der Waals surface area contributed by atoms with Crippen LogP contribution in [0, 0.1) is 6.92 Å². The molecule has 0 saturated carbocycles. The van der Waals surface area contributed by atoms with Gasteiger partial charge in [0, 0.05) is 11.3 Å². The van der Waals surface area contributed by atoms with Crippen molar-refractivity contribution in [3.63, 3.8) is 0 Å². The summed E-state index contributed by atoms with van der Waals surface area (Å²) >= 11 is 0. The first-order valence-corrected chi connectivity index (χ1v) is 9.75. The summed E-state index contributed by atoms with van der Waals surface area (Å²) in [5.74, 6) is 0.590. The average molecular weight is 415 g/mol. The van der Waals surface area contributed by atoms with Gasteiger partial charge in [0.2, 0.25) is 11.2 Å². The van der Waals surface area contributed by atoms with Gasteiger partial charge in [0.1, 0.15) is 11.3 Å². The van der Waals surface area contributed by atoms with Crippen molar-refractivity contribution in [3.8, 4) is 22.8 Å². The molecule has 156 valence electrons. The average Bonchev–Trinajstić information content (AvgIpc) is 2.79. The van der Waals surface area contributed by atoms with Crippen LogP contribution in [0.5, 0.6) is 11.5 Å². The second-order valence-corrected chi connectivity index (χ2v) is 7.02. The van der Waals surface area contributed by atoms with Crippen molar-refractivity contribution in [2.24, 2.45) is 0 Å². The van der Waals surface area contributed by atoms with Gasteiger partial charge in [0.05, 0.1) is 12.5 Å². The molecule has 31 heavy (non-hydrogen) atoms. The molecule has 1 aromatic heterocycles. The zero-order valence-electron chi connectivity index (χ0n) is 17.2. The van der Waals surface area contributed by atoms with Crippen molar-refractivity contribution >= 4 is 22.6 Å². The fraction of sp³-hybridized carbons (Fsp3) is 0.120. The van der Waals surface area contributed by atoms with Crippen molar-refractivity contribution in [3.05, 3.63) is 88.6 Å². The van der Waals surface area contributed by atoms with E-state index in [0.29, 0.717) is 33.7 Å². The van der Waals surface area contributed by atoms with E-state index in [0.717, 1.165) is 5.56 Å². The molecule has 1 amide bonds. The van der Waals surface area contributed by atoms with Gasteiger partial charge in [-0.15, -0.1) is 0 Å². The number of aryl methyl sites for hydroxylation is 1. The molecule has 1 heterocycles. The number of amides is 1. The molecule has 0 aliphatic heterocycles. The Bertz CT molecular complexity index is 1270. The van der Waals surface area contributed by atoms with Gasteiger partial charge in [0.25, 0.3) is 5.91 Å². The van der Waals surface area contributed by atoms with Gasteiger partial charge < -0.3 is 19.2 Å². The zero-order valence-corrected chi connectivity index (χ0v) is 17.2. The van der Waals surface area contributed by atoms with Gasteiger partial charge in [0.15, 0.2) is 12.4 Å². The van der Waals surface area contributed by atoms with Gasteiger partial charge in [-0.2, -0.15) is 0 Å². The smallest absolute Gasteiger partial charge is 0.262 e. The van der Waals surface area contributed by atoms with Crippen molar-refractivity contribution in [1.29, 1.82) is 0 Å². The van der Waals surface area contributed by atoms with E-state index in [-0.39, 0.29) is 17.8 Å². The summed E-state index contributed by atoms with van der Waals surface area (Å²) in [5, 5.41) is 3.13. The van der Waals surface area contributed by atoms with Crippen LogP contribution >= 0.6 is 0 Å². The third-order valence-corrected chi connectivity index (χ3v) is 4.79. The van der Waals surface area contributed by atoms with Crippen molar-refractivity contribution in [1.82, 2.24) is 0 Å². The number of ether oxygens (including phenoxy) is 2. The molecule has 0 aliphatic carbocycles. The highest BCUT2D eigenvalue weighted by atomic mass is 16.5. The van der Waals surface area contributed by atoms with Crippen LogP contribution in [0.1, 0.15) is 5.56 Å². The quantitative estimate of drug-likeness (QED) is 0.490. The second-order valence-electron chi connectivity index (χ2n) is 7.02. The molecule has 0 bridgehead atoms. The normalized spacial score (nSPS) is 10.6. The van der Waals surface area contributed by atoms with E-state index >= 15 is 0 Å². The molecule has 0 aliphatic rings. The highest BCUT2D eigenvalue weighted by molar-refractivity contribution is 5.92. The van der Waals surface area contributed by atoms with E-state index < -0.39 is 5.91 Å². The summed E-state index contributed by atoms with van der Waals surface area (Å²) in [6, 6.07) is 21.4. The summed E-state index contributed by atoms with van der Waals surface area (Å²) in [6.45, 7) is 1.63. The van der Waals surface area contributed by atoms with E-state index in [1.54, 1.807) is 55.6 Å². The van der Waals surface area contributed by atoms with Crippen LogP contribution in [0.4, 0.5) is 5.69 Å². The molecule has 0 saturated heterocycles. The lowest BCUT2D eigenvalue weighted by Gasteiger charge is -2.12. The molecular weight excluding hydrogens is 394 g/mol. The predicted octanol–water partition coefficient (Wildman–Crippen LogP) is 4.79. The molecule has 4 rings (SSSR count). The number of nitrogens with one attached hydrogen (secondary N) is 1. The lowest BCUT2D eigenvalue weighted by atomic mass is 10.1. The first-order chi connectivity index (χ1) is 15.0. The maximum Gasteiger partial charge on any atom is 0.262 e. The topological polar surface area (TPSA) is 77.8 Å². The SMILES string of the molecule is COc1ccc(NC(=O)COc2c(-c3ccc(C)cc3)oc3ccccc3c2=O)cc1. The van der Waals surface area contributed by atoms with Crippen LogP contribution < -0.4 is 20.2 Å². The summed E-state index contributed by atoms with van der Waals surface area (Å²) in [7, 11) is 1.57. The maximum absolute atomic E-state index is 13.1. The molecule has 3 aromatic carbocycles. The van der Waals surface area contributed by atoms with E-state index in [4.69, 9.17) is 13.9 Å². The predicted molar refractivity (Wildman–Crippen MR) is 120 cm³/mol. The molecule has 6 nitrogen and oxygen atoms in total. The number of hydrogen-bond donors (Lipinski definition) is 1. The lowest BCUT2D eigenvalue weighted by Crippen LogP contribution is -2.22. The number of benzene rings is 3. The van der Waals surface area contributed by atoms with Crippen molar-refractivity contribution in [2.45, 2.75) is 6.92 Å². The van der Waals surface area contributed by atoms with E-state index in [9.17, 15) is 9.59 Å². The summed E-state index contributed by atoms with van der Waals surface area (Å²) in [4.78, 5) is 25.5. The van der Waals surface area contributed by atoms with Gasteiger partial charge >= 0.3 is 0 Å². The molecule has 1 N–H and O–H groups in total. The highest BCUT2D eigenvalue weighted by Crippen LogP contribution is 2.31. The lowest BCUT2D eigenvalue weighted by molar-refractivity contribution is -0.118. The first-order valence-electron chi connectivity index (χ1n) is 9.75. The Morgan fingerprint density at radius 3 is 2.39 bits per heavy atom. The summed E-state index contributed by atoms with van der Waals surface area (Å²) in [5.41, 5.74) is 2.50. The number of carbonyl (C=O) groups is 1. The fourth-order valence-electron chi connectivity index (χ4n) is 3.16. The zero-order chi connectivity index (χ0) is 21.8. The largest absolute Gasteiger partial charge is 0.497 e. The van der Waals surface area contributed by atoms with Gasteiger partial charge in [-0.25, -0.2) is 0 Å². The minimum absolute atomic E-state index is 0.00688. The van der Waals surface area contributed by atoms with E-state index in [1.165, 1.54) is 0 Å². The monoisotopic (exact) mass is 415 g/mol. The molecule has 0 radical (unpaired) electrons. The number of fused-ring (bicyclic) bond motifs is 1. The first kappa shape index (κ1) is 20.2. The van der Waals surface area contributed by atoms with Crippen LogP contribution in [-0.2, 0) is 4.79 Å². The molecule has 0 spiro atoms. The minimum atomic E-state index is -0.396. The summed E-state index contributed by atoms with van der Waals surface area (Å²) in [6.07, 6.45) is 0. The Morgan fingerprint density at radius 1 is 0.968 bits per heavy atom. The Morgan fingerprint density at radius 2 is 1.68 bits per heavy atom. The Kier molecular flexibility index (Phi) is 5.71. The molecule has 6 heteroatoms. The number of carbonyl (C=O) groups excluding carboxylic acids is 1. The standard InChI is InChI=1S/C25H21NO5/c1-16-7-9-17(10-8-16)24-25(23(28)20-5-3-4-6-21(20)31-24)30-15-22(27)26-18-11-13-19(29-2)14-12-18/h3-14H,15H2,1-2H3,(H,26,27). The van der Waals surface area contributed by atoms with Crippen LogP contribution in [0.2, 0.25) is 0 Å². The third kappa shape index (κ3) is 4.43. The number of methoxy groups -OCH3 is 1. The van der Waals surface area contributed by atoms with Crippen molar-refractivity contribution in [2.75, 3.05) is 19.0 Å². The second kappa shape index (κ2) is 8.75. The maximum atomic E-state index is 13.1. The van der Waals surface area contributed by atoms with E-state index in [2.05, 4.69) is 5.32 Å². The minimum Gasteiger partial charge on any atom is -0.497 e. The number of hydrogen-bond acceptors (Lipinski definition) is 5. The van der Waals surface area contributed by atoms with Crippen LogP contribution in [0.3, 0.4) is 0 Å². The third-order valence-electron chi connectivity index (χ3n) is 4.79. The molecule has 0 fully saturated rings. The van der Waals surface area contributed by atoms with Gasteiger partial charge in [-0.1, -0.05) is 42.0 Å².